The highest BCUT2D eigenvalue weighted by Crippen LogP contribution is 2.15. The van der Waals surface area contributed by atoms with Crippen molar-refractivity contribution in [2.75, 3.05) is 11.9 Å². The summed E-state index contributed by atoms with van der Waals surface area (Å²) in [5, 5.41) is 5.78. The average molecular weight is 309 g/mol. The molecule has 6 heteroatoms. The Morgan fingerprint density at radius 1 is 1.25 bits per heavy atom. The molecule has 1 aromatic carbocycles. The van der Waals surface area contributed by atoms with Crippen molar-refractivity contribution in [2.24, 2.45) is 0 Å². The van der Waals surface area contributed by atoms with Gasteiger partial charge in [0, 0.05) is 15.6 Å². The van der Waals surface area contributed by atoms with Crippen molar-refractivity contribution >= 4 is 40.4 Å². The minimum Gasteiger partial charge on any atom is -0.342 e. The third-order valence-electron chi connectivity index (χ3n) is 2.48. The number of anilines is 1. The van der Waals surface area contributed by atoms with E-state index in [4.69, 9.17) is 11.6 Å². The van der Waals surface area contributed by atoms with E-state index in [9.17, 15) is 9.59 Å². The number of carbonyl (C=O) groups excluding carboxylic acids is 2. The predicted molar refractivity (Wildman–Crippen MR) is 81.5 cm³/mol. The van der Waals surface area contributed by atoms with E-state index in [0.29, 0.717) is 15.6 Å². The van der Waals surface area contributed by atoms with Gasteiger partial charge in [0.2, 0.25) is 5.91 Å². The number of amides is 2. The maximum atomic E-state index is 11.8. The molecule has 0 aliphatic heterocycles. The third-order valence-corrected chi connectivity index (χ3v) is 3.72. The molecule has 0 atom stereocenters. The zero-order chi connectivity index (χ0) is 14.5. The second-order valence-corrected chi connectivity index (χ2v) is 5.88. The van der Waals surface area contributed by atoms with Crippen LogP contribution in [0.5, 0.6) is 0 Å². The van der Waals surface area contributed by atoms with Gasteiger partial charge in [-0.05, 0) is 37.3 Å². The number of thiophene rings is 1. The van der Waals surface area contributed by atoms with Gasteiger partial charge in [-0.25, -0.2) is 0 Å². The summed E-state index contributed by atoms with van der Waals surface area (Å²) in [7, 11) is 0. The standard InChI is InChI=1S/C14H13ClN2O2S/c1-9-5-6-12(20-9)14(19)16-8-13(18)17-11-4-2-3-10(15)7-11/h2-7H,8H2,1H3,(H,16,19)(H,17,18). The second-order valence-electron chi connectivity index (χ2n) is 4.15. The first-order valence-corrected chi connectivity index (χ1v) is 7.14. The number of hydrogen-bond donors (Lipinski definition) is 2. The molecule has 2 rings (SSSR count). The van der Waals surface area contributed by atoms with Crippen LogP contribution in [0.3, 0.4) is 0 Å². The fourth-order valence-electron chi connectivity index (χ4n) is 1.58. The SMILES string of the molecule is Cc1ccc(C(=O)NCC(=O)Nc2cccc(Cl)c2)s1. The summed E-state index contributed by atoms with van der Waals surface area (Å²) in [5.74, 6) is -0.543. The molecule has 0 bridgehead atoms. The minimum absolute atomic E-state index is 0.0811. The Morgan fingerprint density at radius 2 is 2.05 bits per heavy atom. The molecule has 0 saturated carbocycles. The van der Waals surface area contributed by atoms with Crippen LogP contribution in [-0.2, 0) is 4.79 Å². The van der Waals surface area contributed by atoms with Crippen LogP contribution in [0.15, 0.2) is 36.4 Å². The highest BCUT2D eigenvalue weighted by Gasteiger charge is 2.10. The molecule has 0 aliphatic rings. The van der Waals surface area contributed by atoms with Crippen LogP contribution < -0.4 is 10.6 Å². The van der Waals surface area contributed by atoms with E-state index in [0.717, 1.165) is 4.88 Å². The molecular weight excluding hydrogens is 296 g/mol. The monoisotopic (exact) mass is 308 g/mol. The van der Waals surface area contributed by atoms with Crippen LogP contribution in [0.2, 0.25) is 5.02 Å². The normalized spacial score (nSPS) is 10.1. The van der Waals surface area contributed by atoms with Gasteiger partial charge in [0.05, 0.1) is 11.4 Å². The van der Waals surface area contributed by atoms with Crippen molar-refractivity contribution in [3.05, 3.63) is 51.2 Å². The molecule has 0 saturated heterocycles. The lowest BCUT2D eigenvalue weighted by atomic mass is 10.3. The van der Waals surface area contributed by atoms with E-state index in [1.54, 1.807) is 30.3 Å². The number of halogens is 1. The van der Waals surface area contributed by atoms with Crippen molar-refractivity contribution in [2.45, 2.75) is 6.92 Å². The number of hydrogen-bond acceptors (Lipinski definition) is 3. The number of carbonyl (C=O) groups is 2. The second kappa shape index (κ2) is 6.54. The lowest BCUT2D eigenvalue weighted by Crippen LogP contribution is -2.32. The van der Waals surface area contributed by atoms with Crippen LogP contribution in [-0.4, -0.2) is 18.4 Å². The smallest absolute Gasteiger partial charge is 0.261 e. The maximum absolute atomic E-state index is 11.8. The highest BCUT2D eigenvalue weighted by molar-refractivity contribution is 7.13. The van der Waals surface area contributed by atoms with Gasteiger partial charge in [0.1, 0.15) is 0 Å². The zero-order valence-corrected chi connectivity index (χ0v) is 12.3. The molecule has 4 nitrogen and oxygen atoms in total. The van der Waals surface area contributed by atoms with Crippen LogP contribution >= 0.6 is 22.9 Å². The predicted octanol–water partition coefficient (Wildman–Crippen LogP) is 3.08. The van der Waals surface area contributed by atoms with Crippen LogP contribution in [0.4, 0.5) is 5.69 Å². The van der Waals surface area contributed by atoms with Crippen molar-refractivity contribution < 1.29 is 9.59 Å². The number of rotatable bonds is 4. The fourth-order valence-corrected chi connectivity index (χ4v) is 2.55. The molecule has 2 N–H and O–H groups in total. The molecule has 20 heavy (non-hydrogen) atoms. The topological polar surface area (TPSA) is 58.2 Å². The van der Waals surface area contributed by atoms with Crippen molar-refractivity contribution in [1.82, 2.24) is 5.32 Å². The molecule has 2 aromatic rings. The quantitative estimate of drug-likeness (QED) is 0.912. The molecule has 0 unspecified atom stereocenters. The van der Waals surface area contributed by atoms with Gasteiger partial charge in [0.15, 0.2) is 0 Å². The van der Waals surface area contributed by atoms with Crippen molar-refractivity contribution in [1.29, 1.82) is 0 Å². The Labute approximate surface area is 125 Å². The fraction of sp³-hybridized carbons (Fsp3) is 0.143. The minimum atomic E-state index is -0.297. The summed E-state index contributed by atoms with van der Waals surface area (Å²) in [6, 6.07) is 10.4. The van der Waals surface area contributed by atoms with E-state index in [1.165, 1.54) is 11.3 Å². The van der Waals surface area contributed by atoms with E-state index < -0.39 is 0 Å². The lowest BCUT2D eigenvalue weighted by molar-refractivity contribution is -0.115. The van der Waals surface area contributed by atoms with E-state index in [2.05, 4.69) is 10.6 Å². The Hall–Kier alpha value is -1.85. The number of benzene rings is 1. The summed E-state index contributed by atoms with van der Waals surface area (Å²) >= 11 is 7.21. The molecule has 2 amide bonds. The molecule has 0 radical (unpaired) electrons. The molecule has 104 valence electrons. The van der Waals surface area contributed by atoms with Crippen LogP contribution in [0.25, 0.3) is 0 Å². The van der Waals surface area contributed by atoms with Crippen LogP contribution in [0.1, 0.15) is 14.5 Å². The van der Waals surface area contributed by atoms with Gasteiger partial charge in [0.25, 0.3) is 5.91 Å². The molecule has 1 aromatic heterocycles. The zero-order valence-electron chi connectivity index (χ0n) is 10.8. The Balaban J connectivity index is 1.85. The largest absolute Gasteiger partial charge is 0.342 e. The summed E-state index contributed by atoms with van der Waals surface area (Å²) < 4.78 is 0. The van der Waals surface area contributed by atoms with Crippen molar-refractivity contribution in [3.8, 4) is 0 Å². The van der Waals surface area contributed by atoms with Gasteiger partial charge in [-0.3, -0.25) is 9.59 Å². The highest BCUT2D eigenvalue weighted by atomic mass is 35.5. The Morgan fingerprint density at radius 3 is 2.70 bits per heavy atom. The lowest BCUT2D eigenvalue weighted by Gasteiger charge is -2.06. The van der Waals surface area contributed by atoms with Gasteiger partial charge in [-0.2, -0.15) is 0 Å². The van der Waals surface area contributed by atoms with Gasteiger partial charge in [-0.1, -0.05) is 17.7 Å². The third kappa shape index (κ3) is 4.08. The Bertz CT molecular complexity index is 640. The van der Waals surface area contributed by atoms with E-state index >= 15 is 0 Å². The van der Waals surface area contributed by atoms with Gasteiger partial charge in [-0.15, -0.1) is 11.3 Å². The maximum Gasteiger partial charge on any atom is 0.261 e. The summed E-state index contributed by atoms with van der Waals surface area (Å²) in [4.78, 5) is 25.1. The molecule has 0 spiro atoms. The average Bonchev–Trinajstić information content (AvgIpc) is 2.83. The van der Waals surface area contributed by atoms with Gasteiger partial charge < -0.3 is 10.6 Å². The molecule has 0 fully saturated rings. The number of aryl methyl sites for hydroxylation is 1. The molecule has 0 aliphatic carbocycles. The van der Waals surface area contributed by atoms with Crippen molar-refractivity contribution in [3.63, 3.8) is 0 Å². The first-order chi connectivity index (χ1) is 9.54. The summed E-state index contributed by atoms with van der Waals surface area (Å²) in [6.45, 7) is 1.84. The van der Waals surface area contributed by atoms with Crippen LogP contribution in [0, 0.1) is 6.92 Å². The van der Waals surface area contributed by atoms with E-state index in [1.807, 2.05) is 13.0 Å². The molecular formula is C14H13ClN2O2S. The summed E-state index contributed by atoms with van der Waals surface area (Å²) in [5.41, 5.74) is 0.601. The molecule has 1 heterocycles. The first-order valence-electron chi connectivity index (χ1n) is 5.94. The first kappa shape index (κ1) is 14.6. The van der Waals surface area contributed by atoms with Gasteiger partial charge >= 0.3 is 0 Å². The number of nitrogens with one attached hydrogen (secondary N) is 2. The Kier molecular flexibility index (Phi) is 4.76. The summed E-state index contributed by atoms with van der Waals surface area (Å²) in [6.07, 6.45) is 0. The van der Waals surface area contributed by atoms with E-state index in [-0.39, 0.29) is 18.4 Å².